The maximum absolute atomic E-state index is 12.7. The molecule has 5 rings (SSSR count). The van der Waals surface area contributed by atoms with Gasteiger partial charge >= 0.3 is 12.1 Å². The van der Waals surface area contributed by atoms with Crippen molar-refractivity contribution in [3.63, 3.8) is 0 Å². The highest BCUT2D eigenvalue weighted by molar-refractivity contribution is 5.87. The molecule has 1 atom stereocenters. The first-order chi connectivity index (χ1) is 18.9. The zero-order valence-electron chi connectivity index (χ0n) is 22.9. The summed E-state index contributed by atoms with van der Waals surface area (Å²) < 4.78 is 22.1. The summed E-state index contributed by atoms with van der Waals surface area (Å²) in [5, 5.41) is 7.00. The molecule has 206 valence electrons. The second kappa shape index (κ2) is 11.0. The highest BCUT2D eigenvalue weighted by atomic mass is 16.6. The van der Waals surface area contributed by atoms with Gasteiger partial charge in [-0.3, -0.25) is 10.1 Å². The maximum atomic E-state index is 12.7. The van der Waals surface area contributed by atoms with E-state index >= 15 is 0 Å². The Morgan fingerprint density at radius 3 is 2.46 bits per heavy atom. The van der Waals surface area contributed by atoms with Gasteiger partial charge in [-0.1, -0.05) is 41.6 Å². The molecule has 0 bridgehead atoms. The van der Waals surface area contributed by atoms with Gasteiger partial charge in [0.05, 0.1) is 25.3 Å². The van der Waals surface area contributed by atoms with Crippen LogP contribution in [0.1, 0.15) is 67.2 Å². The van der Waals surface area contributed by atoms with E-state index in [1.165, 1.54) is 7.11 Å². The fourth-order valence-electron chi connectivity index (χ4n) is 5.45. The Bertz CT molecular complexity index is 1330. The number of amides is 1. The number of aromatic nitrogens is 1. The van der Waals surface area contributed by atoms with Gasteiger partial charge in [0.2, 0.25) is 0 Å². The van der Waals surface area contributed by atoms with E-state index in [4.69, 9.17) is 18.7 Å². The lowest BCUT2D eigenvalue weighted by molar-refractivity contribution is -0.143. The van der Waals surface area contributed by atoms with E-state index in [9.17, 15) is 9.59 Å². The molecule has 1 saturated carbocycles. The van der Waals surface area contributed by atoms with Crippen molar-refractivity contribution in [3.05, 3.63) is 71.1 Å². The third kappa shape index (κ3) is 5.30. The molecule has 2 aliphatic rings. The number of rotatable bonds is 8. The van der Waals surface area contributed by atoms with Crippen molar-refractivity contribution >= 4 is 23.4 Å². The number of methoxy groups -OCH3 is 2. The summed E-state index contributed by atoms with van der Waals surface area (Å²) in [5.41, 5.74) is 3.51. The molecular weight excluding hydrogens is 498 g/mol. The first kappa shape index (κ1) is 26.6. The molecule has 39 heavy (non-hydrogen) atoms. The van der Waals surface area contributed by atoms with Crippen molar-refractivity contribution in [2.45, 2.75) is 57.0 Å². The van der Waals surface area contributed by atoms with Gasteiger partial charge < -0.3 is 23.6 Å². The van der Waals surface area contributed by atoms with Gasteiger partial charge in [-0.05, 0) is 62.8 Å². The molecule has 1 aliphatic carbocycles. The third-order valence-corrected chi connectivity index (χ3v) is 7.93. The van der Waals surface area contributed by atoms with Crippen LogP contribution in [-0.2, 0) is 19.7 Å². The van der Waals surface area contributed by atoms with Crippen molar-refractivity contribution in [1.29, 1.82) is 0 Å². The number of nitrogens with one attached hydrogen (secondary N) is 1. The Kier molecular flexibility index (Phi) is 7.50. The molecule has 9 heteroatoms. The minimum absolute atomic E-state index is 0.101. The summed E-state index contributed by atoms with van der Waals surface area (Å²) in [6.45, 7) is 5.20. The number of aryl methyl sites for hydroxylation is 1. The summed E-state index contributed by atoms with van der Waals surface area (Å²) in [6.07, 6.45) is 2.28. The lowest BCUT2D eigenvalue weighted by atomic mass is 9.92. The van der Waals surface area contributed by atoms with Gasteiger partial charge in [0.25, 0.3) is 0 Å². The standard InChI is InChI=1S/C30H35N3O6/c1-19-26(31-29(35)38-20(2)21-8-6-5-7-9-21)27(39-32-19)22-12-16-33(17-13-22)24-11-10-23(18-25(24)36-3)30(14-15-30)28(34)37-4/h5-11,18,20,22H,12-17H2,1-4H3,(H,31,35)/t20-/m1/s1. The minimum atomic E-state index is -0.541. The number of nitrogens with zero attached hydrogens (tertiary/aromatic N) is 2. The number of anilines is 2. The number of piperidine rings is 1. The van der Waals surface area contributed by atoms with Crippen LogP contribution in [0.15, 0.2) is 53.1 Å². The van der Waals surface area contributed by atoms with Crippen LogP contribution in [0.5, 0.6) is 5.75 Å². The number of carbonyl (C=O) groups is 2. The molecule has 0 unspecified atom stereocenters. The Morgan fingerprint density at radius 2 is 1.82 bits per heavy atom. The highest BCUT2D eigenvalue weighted by Crippen LogP contribution is 2.51. The molecule has 1 aromatic heterocycles. The largest absolute Gasteiger partial charge is 0.495 e. The van der Waals surface area contributed by atoms with Gasteiger partial charge in [-0.2, -0.15) is 0 Å². The van der Waals surface area contributed by atoms with E-state index in [1.54, 1.807) is 7.11 Å². The predicted octanol–water partition coefficient (Wildman–Crippen LogP) is 5.89. The van der Waals surface area contributed by atoms with E-state index < -0.39 is 11.5 Å². The molecule has 2 heterocycles. The lowest BCUT2D eigenvalue weighted by Gasteiger charge is -2.34. The minimum Gasteiger partial charge on any atom is -0.495 e. The first-order valence-electron chi connectivity index (χ1n) is 13.4. The number of benzene rings is 2. The van der Waals surface area contributed by atoms with Gasteiger partial charge in [-0.25, -0.2) is 4.79 Å². The molecule has 9 nitrogen and oxygen atoms in total. The Balaban J connectivity index is 1.24. The van der Waals surface area contributed by atoms with Crippen LogP contribution in [0.25, 0.3) is 0 Å². The maximum Gasteiger partial charge on any atom is 0.412 e. The molecule has 0 radical (unpaired) electrons. The SMILES string of the molecule is COC(=O)C1(c2ccc(N3CCC(c4onc(C)c4NC(=O)O[C@H](C)c4ccccc4)CC3)c(OC)c2)CC1. The van der Waals surface area contributed by atoms with Crippen LogP contribution in [0.3, 0.4) is 0 Å². The predicted molar refractivity (Wildman–Crippen MR) is 146 cm³/mol. The Labute approximate surface area is 228 Å². The van der Waals surface area contributed by atoms with Crippen molar-refractivity contribution < 1.29 is 28.3 Å². The average molecular weight is 534 g/mol. The van der Waals surface area contributed by atoms with E-state index in [1.807, 2.05) is 62.4 Å². The quantitative estimate of drug-likeness (QED) is 0.358. The second-order valence-electron chi connectivity index (χ2n) is 10.3. The molecule has 2 aromatic carbocycles. The topological polar surface area (TPSA) is 103 Å². The van der Waals surface area contributed by atoms with Crippen LogP contribution >= 0.6 is 0 Å². The van der Waals surface area contributed by atoms with Crippen LogP contribution in [0.2, 0.25) is 0 Å². The molecule has 1 amide bonds. The molecule has 0 spiro atoms. The highest BCUT2D eigenvalue weighted by Gasteiger charge is 2.52. The smallest absolute Gasteiger partial charge is 0.412 e. The molecular formula is C30H35N3O6. The molecule has 1 aliphatic heterocycles. The molecule has 2 fully saturated rings. The lowest BCUT2D eigenvalue weighted by Crippen LogP contribution is -2.33. The second-order valence-corrected chi connectivity index (χ2v) is 10.3. The Morgan fingerprint density at radius 1 is 1.10 bits per heavy atom. The van der Waals surface area contributed by atoms with Crippen LogP contribution in [0.4, 0.5) is 16.2 Å². The van der Waals surface area contributed by atoms with Crippen molar-refractivity contribution in [3.8, 4) is 5.75 Å². The van der Waals surface area contributed by atoms with Gasteiger partial charge in [0.1, 0.15) is 23.2 Å². The summed E-state index contributed by atoms with van der Waals surface area (Å²) in [5.74, 6) is 1.33. The van der Waals surface area contributed by atoms with Gasteiger partial charge in [0.15, 0.2) is 5.76 Å². The number of carbonyl (C=O) groups excluding carboxylic acids is 2. The normalized spacial score (nSPS) is 17.3. The van der Waals surface area contributed by atoms with Gasteiger partial charge in [0, 0.05) is 19.0 Å². The number of hydrogen-bond donors (Lipinski definition) is 1. The zero-order valence-corrected chi connectivity index (χ0v) is 22.9. The van der Waals surface area contributed by atoms with E-state index in [0.29, 0.717) is 17.1 Å². The summed E-state index contributed by atoms with van der Waals surface area (Å²) in [4.78, 5) is 27.3. The molecule has 3 aromatic rings. The average Bonchev–Trinajstić information content (AvgIpc) is 3.71. The summed E-state index contributed by atoms with van der Waals surface area (Å²) >= 11 is 0. The summed E-state index contributed by atoms with van der Waals surface area (Å²) in [6, 6.07) is 15.6. The van der Waals surface area contributed by atoms with E-state index in [0.717, 1.165) is 61.3 Å². The number of esters is 1. The number of ether oxygens (including phenoxy) is 3. The number of hydrogen-bond acceptors (Lipinski definition) is 8. The fraction of sp³-hybridized carbons (Fsp3) is 0.433. The molecule has 1 saturated heterocycles. The third-order valence-electron chi connectivity index (χ3n) is 7.93. The van der Waals surface area contributed by atoms with Crippen molar-refractivity contribution in [1.82, 2.24) is 5.16 Å². The van der Waals surface area contributed by atoms with Gasteiger partial charge in [-0.15, -0.1) is 0 Å². The first-order valence-corrected chi connectivity index (χ1v) is 13.4. The van der Waals surface area contributed by atoms with E-state index in [2.05, 4.69) is 15.4 Å². The van der Waals surface area contributed by atoms with Crippen molar-refractivity contribution in [2.24, 2.45) is 0 Å². The zero-order chi connectivity index (χ0) is 27.6. The summed E-state index contributed by atoms with van der Waals surface area (Å²) in [7, 11) is 3.09. The van der Waals surface area contributed by atoms with Crippen LogP contribution in [0, 0.1) is 6.92 Å². The van der Waals surface area contributed by atoms with Crippen LogP contribution < -0.4 is 15.0 Å². The van der Waals surface area contributed by atoms with E-state index in [-0.39, 0.29) is 18.0 Å². The van der Waals surface area contributed by atoms with Crippen LogP contribution in [-0.4, -0.2) is 44.5 Å². The Hall–Kier alpha value is -4.01. The fourth-order valence-corrected chi connectivity index (χ4v) is 5.45. The monoisotopic (exact) mass is 533 g/mol. The molecule has 1 N–H and O–H groups in total. The van der Waals surface area contributed by atoms with Crippen molar-refractivity contribution in [2.75, 3.05) is 37.5 Å².